The van der Waals surface area contributed by atoms with Crippen molar-refractivity contribution >= 4 is 12.1 Å². The van der Waals surface area contributed by atoms with Crippen LogP contribution in [0.5, 0.6) is 0 Å². The monoisotopic (exact) mass is 364 g/mol. The van der Waals surface area contributed by atoms with E-state index in [2.05, 4.69) is 20.9 Å². The molecule has 0 heterocycles. The lowest BCUT2D eigenvalue weighted by molar-refractivity contribution is 0.0528. The summed E-state index contributed by atoms with van der Waals surface area (Å²) in [4.78, 5) is 16.0. The van der Waals surface area contributed by atoms with Crippen LogP contribution in [0.25, 0.3) is 0 Å². The summed E-state index contributed by atoms with van der Waals surface area (Å²) in [7, 11) is 0. The van der Waals surface area contributed by atoms with Crippen LogP contribution in [0, 0.1) is 0 Å². The van der Waals surface area contributed by atoms with Crippen molar-refractivity contribution < 1.29 is 14.6 Å². The van der Waals surface area contributed by atoms with Gasteiger partial charge in [-0.15, -0.1) is 0 Å². The van der Waals surface area contributed by atoms with Crippen LogP contribution in [-0.4, -0.2) is 48.9 Å². The Balaban J connectivity index is 2.50. The summed E-state index contributed by atoms with van der Waals surface area (Å²) in [5.74, 6) is 0.578. The molecule has 7 nitrogen and oxygen atoms in total. The Labute approximate surface area is 156 Å². The fourth-order valence-electron chi connectivity index (χ4n) is 2.12. The number of hydrogen-bond donors (Lipinski definition) is 4. The zero-order valence-corrected chi connectivity index (χ0v) is 16.4. The van der Waals surface area contributed by atoms with Crippen molar-refractivity contribution in [3.05, 3.63) is 35.9 Å². The summed E-state index contributed by atoms with van der Waals surface area (Å²) in [6.45, 7) is 10.9. The molecule has 7 heteroatoms. The predicted octanol–water partition coefficient (Wildman–Crippen LogP) is 1.97. The fraction of sp³-hybridized carbons (Fsp3) is 0.579. The van der Waals surface area contributed by atoms with E-state index in [0.29, 0.717) is 25.6 Å². The van der Waals surface area contributed by atoms with Gasteiger partial charge in [0.1, 0.15) is 11.2 Å². The first-order chi connectivity index (χ1) is 12.1. The normalized spacial score (nSPS) is 14.3. The highest BCUT2D eigenvalue weighted by atomic mass is 16.6. The van der Waals surface area contributed by atoms with Crippen LogP contribution < -0.4 is 16.0 Å². The maximum Gasteiger partial charge on any atom is 0.407 e. The molecule has 0 bridgehead atoms. The number of benzene rings is 1. The third kappa shape index (κ3) is 8.71. The predicted molar refractivity (Wildman–Crippen MR) is 104 cm³/mol. The van der Waals surface area contributed by atoms with E-state index < -0.39 is 17.3 Å². The standard InChI is InChI=1S/C19H32N4O3/c1-6-20-16(21-12-13-22-17(24)26-18(2,3)4)23-14-19(5,25)15-10-8-7-9-11-15/h7-11,25H,6,12-14H2,1-5H3,(H,22,24)(H2,20,21,23). The second-order valence-corrected chi connectivity index (χ2v) is 7.19. The molecule has 1 aromatic carbocycles. The number of aliphatic hydroxyl groups is 1. The third-order valence-electron chi connectivity index (χ3n) is 3.37. The van der Waals surface area contributed by atoms with Crippen LogP contribution in [0.2, 0.25) is 0 Å². The van der Waals surface area contributed by atoms with Crippen LogP contribution >= 0.6 is 0 Å². The Hall–Kier alpha value is -2.28. The summed E-state index contributed by atoms with van der Waals surface area (Å²) in [5, 5.41) is 19.5. The molecule has 1 rings (SSSR count). The SMILES string of the molecule is CCNC(=NCC(C)(O)c1ccccc1)NCCNC(=O)OC(C)(C)C. The van der Waals surface area contributed by atoms with Gasteiger partial charge in [0.2, 0.25) is 0 Å². The van der Waals surface area contributed by atoms with E-state index in [4.69, 9.17) is 4.74 Å². The number of hydrogen-bond acceptors (Lipinski definition) is 4. The second kappa shape index (κ2) is 10.0. The number of amides is 1. The molecule has 26 heavy (non-hydrogen) atoms. The van der Waals surface area contributed by atoms with E-state index in [1.54, 1.807) is 6.92 Å². The van der Waals surface area contributed by atoms with Crippen molar-refractivity contribution in [1.82, 2.24) is 16.0 Å². The van der Waals surface area contributed by atoms with Gasteiger partial charge < -0.3 is 25.8 Å². The van der Waals surface area contributed by atoms with Gasteiger partial charge in [0.25, 0.3) is 0 Å². The first-order valence-corrected chi connectivity index (χ1v) is 8.91. The molecule has 0 fully saturated rings. The maximum atomic E-state index is 11.6. The van der Waals surface area contributed by atoms with Gasteiger partial charge in [-0.2, -0.15) is 0 Å². The van der Waals surface area contributed by atoms with Crippen molar-refractivity contribution in [2.45, 2.75) is 45.8 Å². The third-order valence-corrected chi connectivity index (χ3v) is 3.37. The fourth-order valence-corrected chi connectivity index (χ4v) is 2.12. The Morgan fingerprint density at radius 3 is 2.27 bits per heavy atom. The Kier molecular flexibility index (Phi) is 8.38. The smallest absolute Gasteiger partial charge is 0.407 e. The Morgan fingerprint density at radius 2 is 1.69 bits per heavy atom. The largest absolute Gasteiger partial charge is 0.444 e. The van der Waals surface area contributed by atoms with E-state index >= 15 is 0 Å². The van der Waals surface area contributed by atoms with Crippen LogP contribution in [0.15, 0.2) is 35.3 Å². The highest BCUT2D eigenvalue weighted by Crippen LogP contribution is 2.20. The number of nitrogens with zero attached hydrogens (tertiary/aromatic N) is 1. The highest BCUT2D eigenvalue weighted by molar-refractivity contribution is 5.79. The second-order valence-electron chi connectivity index (χ2n) is 7.19. The van der Waals surface area contributed by atoms with Gasteiger partial charge in [-0.1, -0.05) is 30.3 Å². The summed E-state index contributed by atoms with van der Waals surface area (Å²) in [6.07, 6.45) is -0.451. The topological polar surface area (TPSA) is 95.0 Å². The molecule has 1 aromatic rings. The summed E-state index contributed by atoms with van der Waals surface area (Å²) >= 11 is 0. The van der Waals surface area contributed by atoms with E-state index in [1.165, 1.54) is 0 Å². The van der Waals surface area contributed by atoms with Crippen molar-refractivity contribution in [2.24, 2.45) is 4.99 Å². The zero-order valence-electron chi connectivity index (χ0n) is 16.4. The molecule has 0 aliphatic carbocycles. The number of ether oxygens (including phenoxy) is 1. The first kappa shape index (κ1) is 21.8. The minimum Gasteiger partial charge on any atom is -0.444 e. The van der Waals surface area contributed by atoms with Gasteiger partial charge in [-0.3, -0.25) is 0 Å². The lowest BCUT2D eigenvalue weighted by atomic mass is 9.96. The number of nitrogens with one attached hydrogen (secondary N) is 3. The van der Waals surface area contributed by atoms with Gasteiger partial charge in [-0.05, 0) is 40.2 Å². The highest BCUT2D eigenvalue weighted by Gasteiger charge is 2.22. The average Bonchev–Trinajstić information content (AvgIpc) is 2.55. The molecule has 1 atom stereocenters. The van der Waals surface area contributed by atoms with Crippen molar-refractivity contribution in [3.8, 4) is 0 Å². The molecular weight excluding hydrogens is 332 g/mol. The Morgan fingerprint density at radius 1 is 1.08 bits per heavy atom. The Bertz CT molecular complexity index is 580. The number of rotatable bonds is 7. The van der Waals surface area contributed by atoms with Crippen LogP contribution in [0.4, 0.5) is 4.79 Å². The minimum absolute atomic E-state index is 0.214. The molecule has 0 saturated carbocycles. The lowest BCUT2D eigenvalue weighted by Gasteiger charge is -2.22. The molecule has 0 saturated heterocycles. The van der Waals surface area contributed by atoms with Crippen molar-refractivity contribution in [2.75, 3.05) is 26.2 Å². The van der Waals surface area contributed by atoms with Gasteiger partial charge in [-0.25, -0.2) is 9.79 Å². The van der Waals surface area contributed by atoms with Crippen LogP contribution in [-0.2, 0) is 10.3 Å². The number of carbonyl (C=O) groups excluding carboxylic acids is 1. The summed E-state index contributed by atoms with van der Waals surface area (Å²) in [6, 6.07) is 9.44. The van der Waals surface area contributed by atoms with E-state index in [-0.39, 0.29) is 6.54 Å². The lowest BCUT2D eigenvalue weighted by Crippen LogP contribution is -2.43. The molecule has 0 radical (unpaired) electrons. The van der Waals surface area contributed by atoms with Gasteiger partial charge >= 0.3 is 6.09 Å². The molecule has 1 unspecified atom stereocenters. The minimum atomic E-state index is -1.06. The van der Waals surface area contributed by atoms with Crippen molar-refractivity contribution in [1.29, 1.82) is 0 Å². The van der Waals surface area contributed by atoms with Crippen LogP contribution in [0.3, 0.4) is 0 Å². The average molecular weight is 364 g/mol. The van der Waals surface area contributed by atoms with Gasteiger partial charge in [0.15, 0.2) is 5.96 Å². The molecule has 0 aromatic heterocycles. The summed E-state index contributed by atoms with van der Waals surface area (Å²) < 4.78 is 5.18. The molecular formula is C19H32N4O3. The van der Waals surface area contributed by atoms with Crippen molar-refractivity contribution in [3.63, 3.8) is 0 Å². The summed E-state index contributed by atoms with van der Waals surface area (Å²) in [5.41, 5.74) is -0.763. The molecule has 146 valence electrons. The van der Waals surface area contributed by atoms with E-state index in [0.717, 1.165) is 5.56 Å². The molecule has 0 spiro atoms. The number of guanidine groups is 1. The molecule has 1 amide bonds. The van der Waals surface area contributed by atoms with Gasteiger partial charge in [0.05, 0.1) is 6.54 Å². The number of carbonyl (C=O) groups is 1. The zero-order chi connectivity index (χ0) is 19.6. The van der Waals surface area contributed by atoms with E-state index in [1.807, 2.05) is 58.0 Å². The number of aliphatic imine (C=N–C) groups is 1. The maximum absolute atomic E-state index is 11.6. The van der Waals surface area contributed by atoms with E-state index in [9.17, 15) is 9.90 Å². The first-order valence-electron chi connectivity index (χ1n) is 8.91. The molecule has 4 N–H and O–H groups in total. The number of alkyl carbamates (subject to hydrolysis) is 1. The molecule has 0 aliphatic rings. The molecule has 0 aliphatic heterocycles. The quantitative estimate of drug-likeness (QED) is 0.337. The van der Waals surface area contributed by atoms with Gasteiger partial charge in [0, 0.05) is 19.6 Å². The van der Waals surface area contributed by atoms with Crippen LogP contribution in [0.1, 0.15) is 40.2 Å².